The summed E-state index contributed by atoms with van der Waals surface area (Å²) in [4.78, 5) is 15.1. The smallest absolute Gasteiger partial charge is 0.194 e. The maximum Gasteiger partial charge on any atom is 0.194 e. The van der Waals surface area contributed by atoms with Crippen molar-refractivity contribution >= 4 is 47.0 Å². The van der Waals surface area contributed by atoms with Gasteiger partial charge in [-0.1, -0.05) is 12.1 Å². The molecule has 1 aromatic carbocycles. The minimum atomic E-state index is 0. The summed E-state index contributed by atoms with van der Waals surface area (Å²) < 4.78 is 0. The molecule has 3 rings (SSSR count). The van der Waals surface area contributed by atoms with E-state index in [1.54, 1.807) is 17.4 Å². The number of rotatable bonds is 4. The number of nitrogens with one attached hydrogen (secondary N) is 1. The highest BCUT2D eigenvalue weighted by atomic mass is 127. The number of phenolic OH excluding ortho intramolecular Hbond substituents is 1. The highest BCUT2D eigenvalue weighted by molar-refractivity contribution is 14.0. The molecule has 0 aliphatic carbocycles. The Kier molecular flexibility index (Phi) is 8.15. The predicted octanol–water partition coefficient (Wildman–Crippen LogP) is 3.37. The Morgan fingerprint density at radius 2 is 1.93 bits per heavy atom. The van der Waals surface area contributed by atoms with Gasteiger partial charge in [-0.3, -0.25) is 0 Å². The molecule has 2 N–H and O–H groups in total. The Balaban J connectivity index is 0.00000261. The van der Waals surface area contributed by atoms with E-state index in [1.807, 2.05) is 32.0 Å². The Morgan fingerprint density at radius 1 is 1.22 bits per heavy atom. The van der Waals surface area contributed by atoms with Crippen LogP contribution in [0.4, 0.5) is 5.69 Å². The second kappa shape index (κ2) is 10.1. The Bertz CT molecular complexity index is 771. The standard InChI is InChI=1S/C19H27N5OS.HI/c1-4-20-19(21-13-18-14(2)22-15(3)26-18)24-11-9-23(10-12-24)16-7-5-6-8-17(16)25;/h5-8,25H,4,9-13H2,1-3H3,(H,20,21);1H. The molecule has 2 aromatic rings. The molecule has 0 spiro atoms. The van der Waals surface area contributed by atoms with Gasteiger partial charge >= 0.3 is 0 Å². The fourth-order valence-corrected chi connectivity index (χ4v) is 4.05. The van der Waals surface area contributed by atoms with Crippen molar-refractivity contribution in [3.05, 3.63) is 39.8 Å². The van der Waals surface area contributed by atoms with Gasteiger partial charge in [-0.25, -0.2) is 9.98 Å². The topological polar surface area (TPSA) is 64.0 Å². The number of phenols is 1. The summed E-state index contributed by atoms with van der Waals surface area (Å²) in [5, 5.41) is 14.6. The maximum atomic E-state index is 10.1. The Labute approximate surface area is 182 Å². The summed E-state index contributed by atoms with van der Waals surface area (Å²) in [6, 6.07) is 7.53. The van der Waals surface area contributed by atoms with Gasteiger partial charge in [0.1, 0.15) is 5.75 Å². The van der Waals surface area contributed by atoms with Crippen LogP contribution in [0.15, 0.2) is 29.3 Å². The molecule has 0 unspecified atom stereocenters. The van der Waals surface area contributed by atoms with Crippen LogP contribution in [-0.2, 0) is 6.54 Å². The van der Waals surface area contributed by atoms with Gasteiger partial charge in [-0.2, -0.15) is 0 Å². The second-order valence-corrected chi connectivity index (χ2v) is 7.66. The summed E-state index contributed by atoms with van der Waals surface area (Å²) in [6.45, 7) is 11.2. The van der Waals surface area contributed by atoms with Crippen LogP contribution in [-0.4, -0.2) is 53.7 Å². The molecule has 2 heterocycles. The molecule has 0 bridgehead atoms. The number of para-hydroxylation sites is 2. The number of halogens is 1. The average molecular weight is 501 g/mol. The van der Waals surface area contributed by atoms with Gasteiger partial charge in [0.05, 0.1) is 22.9 Å². The minimum absolute atomic E-state index is 0. The largest absolute Gasteiger partial charge is 0.506 e. The lowest BCUT2D eigenvalue weighted by atomic mass is 10.2. The zero-order valence-corrected chi connectivity index (χ0v) is 19.3. The fourth-order valence-electron chi connectivity index (χ4n) is 3.18. The first-order valence-corrected chi connectivity index (χ1v) is 9.89. The van der Waals surface area contributed by atoms with Crippen molar-refractivity contribution in [1.29, 1.82) is 0 Å². The van der Waals surface area contributed by atoms with Gasteiger partial charge < -0.3 is 20.2 Å². The van der Waals surface area contributed by atoms with Crippen LogP contribution in [0.3, 0.4) is 0 Å². The fraction of sp³-hybridized carbons (Fsp3) is 0.474. The van der Waals surface area contributed by atoms with Crippen LogP contribution in [0.5, 0.6) is 5.75 Å². The van der Waals surface area contributed by atoms with Crippen molar-refractivity contribution in [3.63, 3.8) is 0 Å². The number of aryl methyl sites for hydroxylation is 2. The van der Waals surface area contributed by atoms with Crippen molar-refractivity contribution in [2.45, 2.75) is 27.3 Å². The van der Waals surface area contributed by atoms with Gasteiger partial charge in [0.15, 0.2) is 5.96 Å². The monoisotopic (exact) mass is 501 g/mol. The molecule has 27 heavy (non-hydrogen) atoms. The lowest BCUT2D eigenvalue weighted by Crippen LogP contribution is -2.52. The van der Waals surface area contributed by atoms with Crippen molar-refractivity contribution in [1.82, 2.24) is 15.2 Å². The first-order chi connectivity index (χ1) is 12.6. The van der Waals surface area contributed by atoms with E-state index in [4.69, 9.17) is 4.99 Å². The van der Waals surface area contributed by atoms with Crippen LogP contribution in [0.2, 0.25) is 0 Å². The molecule has 1 saturated heterocycles. The van der Waals surface area contributed by atoms with E-state index in [-0.39, 0.29) is 24.0 Å². The van der Waals surface area contributed by atoms with Gasteiger partial charge in [0.2, 0.25) is 0 Å². The van der Waals surface area contributed by atoms with Gasteiger partial charge in [0.25, 0.3) is 0 Å². The van der Waals surface area contributed by atoms with Gasteiger partial charge in [0, 0.05) is 37.6 Å². The first kappa shape index (κ1) is 21.7. The van der Waals surface area contributed by atoms with E-state index in [9.17, 15) is 5.11 Å². The molecule has 0 atom stereocenters. The first-order valence-electron chi connectivity index (χ1n) is 9.07. The number of aromatic hydroxyl groups is 1. The molecule has 0 amide bonds. The minimum Gasteiger partial charge on any atom is -0.506 e. The number of anilines is 1. The maximum absolute atomic E-state index is 10.1. The lowest BCUT2D eigenvalue weighted by Gasteiger charge is -2.37. The van der Waals surface area contributed by atoms with Crippen molar-refractivity contribution < 1.29 is 5.11 Å². The highest BCUT2D eigenvalue weighted by Gasteiger charge is 2.21. The number of guanidine groups is 1. The summed E-state index contributed by atoms with van der Waals surface area (Å²) in [7, 11) is 0. The van der Waals surface area contributed by atoms with Crippen LogP contribution in [0, 0.1) is 13.8 Å². The van der Waals surface area contributed by atoms with Crippen LogP contribution in [0.1, 0.15) is 22.5 Å². The van der Waals surface area contributed by atoms with E-state index in [1.165, 1.54) is 4.88 Å². The summed E-state index contributed by atoms with van der Waals surface area (Å²) in [6.07, 6.45) is 0. The number of aromatic nitrogens is 1. The summed E-state index contributed by atoms with van der Waals surface area (Å²) in [5.41, 5.74) is 1.99. The van der Waals surface area contributed by atoms with Crippen LogP contribution < -0.4 is 10.2 Å². The van der Waals surface area contributed by atoms with E-state index in [0.717, 1.165) is 55.1 Å². The zero-order chi connectivity index (χ0) is 18.5. The van der Waals surface area contributed by atoms with Gasteiger partial charge in [-0.05, 0) is 32.9 Å². The van der Waals surface area contributed by atoms with Crippen LogP contribution >= 0.6 is 35.3 Å². The summed E-state index contributed by atoms with van der Waals surface area (Å²) >= 11 is 1.72. The Morgan fingerprint density at radius 3 is 2.52 bits per heavy atom. The number of hydrogen-bond donors (Lipinski definition) is 2. The lowest BCUT2D eigenvalue weighted by molar-refractivity contribution is 0.370. The molecular weight excluding hydrogens is 473 g/mol. The van der Waals surface area contributed by atoms with Crippen molar-refractivity contribution in [3.8, 4) is 5.75 Å². The molecule has 1 aromatic heterocycles. The molecule has 0 saturated carbocycles. The quantitative estimate of drug-likeness (QED) is 0.382. The third kappa shape index (κ3) is 5.47. The number of hydrogen-bond acceptors (Lipinski definition) is 5. The SMILES string of the molecule is CCNC(=NCc1sc(C)nc1C)N1CCN(c2ccccc2O)CC1.I. The number of nitrogens with zero attached hydrogens (tertiary/aromatic N) is 4. The number of thiazole rings is 1. The number of aliphatic imine (C=N–C) groups is 1. The van der Waals surface area contributed by atoms with Crippen molar-refractivity contribution in [2.24, 2.45) is 4.99 Å². The normalized spacial score (nSPS) is 14.9. The summed E-state index contributed by atoms with van der Waals surface area (Å²) in [5.74, 6) is 1.30. The molecule has 8 heteroatoms. The molecule has 1 aliphatic heterocycles. The third-order valence-corrected chi connectivity index (χ3v) is 5.57. The number of benzene rings is 1. The van der Waals surface area contributed by atoms with Crippen molar-refractivity contribution in [2.75, 3.05) is 37.6 Å². The van der Waals surface area contributed by atoms with E-state index in [2.05, 4.69) is 27.0 Å². The molecule has 6 nitrogen and oxygen atoms in total. The highest BCUT2D eigenvalue weighted by Crippen LogP contribution is 2.27. The third-order valence-electron chi connectivity index (χ3n) is 4.51. The molecule has 148 valence electrons. The second-order valence-electron chi connectivity index (χ2n) is 6.37. The molecule has 1 fully saturated rings. The molecule has 0 radical (unpaired) electrons. The van der Waals surface area contributed by atoms with E-state index < -0.39 is 0 Å². The molecular formula is C19H28IN5OS. The van der Waals surface area contributed by atoms with Gasteiger partial charge in [-0.15, -0.1) is 35.3 Å². The predicted molar refractivity (Wildman–Crippen MR) is 124 cm³/mol. The van der Waals surface area contributed by atoms with E-state index >= 15 is 0 Å². The molecule has 1 aliphatic rings. The van der Waals surface area contributed by atoms with E-state index in [0.29, 0.717) is 12.3 Å². The Hall–Kier alpha value is -1.55. The average Bonchev–Trinajstić information content (AvgIpc) is 2.96. The number of piperazine rings is 1. The zero-order valence-electron chi connectivity index (χ0n) is 16.1. The van der Waals surface area contributed by atoms with Crippen LogP contribution in [0.25, 0.3) is 0 Å².